The first-order valence-electron chi connectivity index (χ1n) is 5.56. The van der Waals surface area contributed by atoms with Crippen molar-refractivity contribution in [1.82, 2.24) is 15.0 Å². The summed E-state index contributed by atoms with van der Waals surface area (Å²) < 4.78 is 12.8. The number of pyridine rings is 1. The van der Waals surface area contributed by atoms with E-state index in [0.29, 0.717) is 5.69 Å². The lowest BCUT2D eigenvalue weighted by atomic mass is 10.2. The van der Waals surface area contributed by atoms with Crippen LogP contribution in [0.4, 0.5) is 4.39 Å². The molecule has 3 N–H and O–H groups in total. The molecule has 1 fully saturated rings. The highest BCUT2D eigenvalue weighted by Gasteiger charge is 2.43. The van der Waals surface area contributed by atoms with Crippen LogP contribution < -0.4 is 5.73 Å². The Balaban J connectivity index is 2.03. The van der Waals surface area contributed by atoms with E-state index in [4.69, 9.17) is 5.73 Å². The topological polar surface area (TPSA) is 67.6 Å². The summed E-state index contributed by atoms with van der Waals surface area (Å²) in [5.74, 6) is 0.454. The first kappa shape index (κ1) is 10.4. The maximum atomic E-state index is 12.8. The quantitative estimate of drug-likeness (QED) is 0.830. The molecule has 0 amide bonds. The van der Waals surface area contributed by atoms with Crippen molar-refractivity contribution in [2.75, 3.05) is 0 Å². The van der Waals surface area contributed by atoms with Crippen molar-refractivity contribution < 1.29 is 4.39 Å². The molecule has 2 aromatic rings. The molecular formula is C12H13FN4. The average molecular weight is 232 g/mol. The van der Waals surface area contributed by atoms with E-state index in [1.807, 2.05) is 6.92 Å². The highest BCUT2D eigenvalue weighted by Crippen LogP contribution is 2.41. The summed E-state index contributed by atoms with van der Waals surface area (Å²) in [4.78, 5) is 11.7. The van der Waals surface area contributed by atoms with Crippen LogP contribution >= 0.6 is 0 Å². The number of imidazole rings is 1. The number of nitrogens with zero attached hydrogens (tertiary/aromatic N) is 2. The lowest BCUT2D eigenvalue weighted by Crippen LogP contribution is -2.20. The van der Waals surface area contributed by atoms with Gasteiger partial charge in [-0.1, -0.05) is 0 Å². The number of H-pyrrole nitrogens is 1. The fourth-order valence-electron chi connectivity index (χ4n) is 1.83. The van der Waals surface area contributed by atoms with E-state index in [9.17, 15) is 4.39 Å². The molecule has 4 nitrogen and oxygen atoms in total. The van der Waals surface area contributed by atoms with Crippen LogP contribution in [-0.4, -0.2) is 15.0 Å². The SMILES string of the molecule is Cc1[nH]c(C2(N)CC2)nc1-c1ccc(F)cn1. The Labute approximate surface area is 98.1 Å². The average Bonchev–Trinajstić information content (AvgIpc) is 2.93. The first-order valence-corrected chi connectivity index (χ1v) is 5.56. The van der Waals surface area contributed by atoms with E-state index in [1.165, 1.54) is 12.3 Å². The predicted molar refractivity (Wildman–Crippen MR) is 61.6 cm³/mol. The lowest BCUT2D eigenvalue weighted by molar-refractivity contribution is 0.621. The highest BCUT2D eigenvalue weighted by atomic mass is 19.1. The van der Waals surface area contributed by atoms with E-state index in [2.05, 4.69) is 15.0 Å². The molecule has 0 aliphatic heterocycles. The monoisotopic (exact) mass is 232 g/mol. The summed E-state index contributed by atoms with van der Waals surface area (Å²) in [5.41, 5.74) is 8.11. The third-order valence-electron chi connectivity index (χ3n) is 3.12. The van der Waals surface area contributed by atoms with E-state index in [1.54, 1.807) is 6.07 Å². The molecule has 17 heavy (non-hydrogen) atoms. The van der Waals surface area contributed by atoms with Crippen LogP contribution in [-0.2, 0) is 5.54 Å². The number of nitrogens with two attached hydrogens (primary N) is 1. The lowest BCUT2D eigenvalue weighted by Gasteiger charge is -2.01. The third kappa shape index (κ3) is 1.72. The van der Waals surface area contributed by atoms with Gasteiger partial charge in [0.1, 0.15) is 17.3 Å². The Hall–Kier alpha value is -1.75. The number of halogens is 1. The van der Waals surface area contributed by atoms with Crippen LogP contribution in [0.15, 0.2) is 18.3 Å². The molecule has 0 unspecified atom stereocenters. The zero-order valence-corrected chi connectivity index (χ0v) is 9.50. The number of aromatic nitrogens is 3. The zero-order chi connectivity index (χ0) is 12.0. The van der Waals surface area contributed by atoms with Gasteiger partial charge in [-0.2, -0.15) is 0 Å². The van der Waals surface area contributed by atoms with Gasteiger partial charge in [0.05, 0.1) is 17.4 Å². The summed E-state index contributed by atoms with van der Waals surface area (Å²) >= 11 is 0. The van der Waals surface area contributed by atoms with Crippen molar-refractivity contribution in [1.29, 1.82) is 0 Å². The Morgan fingerprint density at radius 1 is 1.41 bits per heavy atom. The van der Waals surface area contributed by atoms with Gasteiger partial charge in [0, 0.05) is 5.69 Å². The third-order valence-corrected chi connectivity index (χ3v) is 3.12. The largest absolute Gasteiger partial charge is 0.344 e. The van der Waals surface area contributed by atoms with E-state index in [0.717, 1.165) is 30.1 Å². The maximum Gasteiger partial charge on any atom is 0.141 e. The minimum Gasteiger partial charge on any atom is -0.344 e. The molecule has 0 aromatic carbocycles. The van der Waals surface area contributed by atoms with Gasteiger partial charge in [0.15, 0.2) is 0 Å². The molecule has 0 spiro atoms. The molecule has 0 radical (unpaired) electrons. The van der Waals surface area contributed by atoms with Gasteiger partial charge in [-0.05, 0) is 31.9 Å². The summed E-state index contributed by atoms with van der Waals surface area (Å²) in [6, 6.07) is 3.00. The molecule has 1 aliphatic rings. The van der Waals surface area contributed by atoms with Crippen LogP contribution in [0.1, 0.15) is 24.4 Å². The van der Waals surface area contributed by atoms with E-state index < -0.39 is 0 Å². The van der Waals surface area contributed by atoms with Crippen LogP contribution in [0.3, 0.4) is 0 Å². The second-order valence-electron chi connectivity index (χ2n) is 4.58. The molecule has 2 heterocycles. The number of nitrogens with one attached hydrogen (secondary N) is 1. The number of aromatic amines is 1. The maximum absolute atomic E-state index is 12.8. The van der Waals surface area contributed by atoms with Crippen molar-refractivity contribution >= 4 is 0 Å². The standard InChI is InChI=1S/C12H13FN4/c1-7-10(9-3-2-8(13)6-15-9)17-11(16-7)12(14)4-5-12/h2-3,6H,4-5,14H2,1H3,(H,16,17). The van der Waals surface area contributed by atoms with Gasteiger partial charge in [-0.25, -0.2) is 9.37 Å². The molecule has 1 saturated carbocycles. The Morgan fingerprint density at radius 3 is 2.76 bits per heavy atom. The molecular weight excluding hydrogens is 219 g/mol. The summed E-state index contributed by atoms with van der Waals surface area (Å²) in [6.07, 6.45) is 3.10. The van der Waals surface area contributed by atoms with Crippen LogP contribution in [0.2, 0.25) is 0 Å². The second-order valence-corrected chi connectivity index (χ2v) is 4.58. The van der Waals surface area contributed by atoms with Crippen molar-refractivity contribution in [2.45, 2.75) is 25.3 Å². The van der Waals surface area contributed by atoms with Crippen molar-refractivity contribution in [3.63, 3.8) is 0 Å². The number of aryl methyl sites for hydroxylation is 1. The minimum absolute atomic E-state index is 0.289. The minimum atomic E-state index is -0.348. The molecule has 1 aliphatic carbocycles. The summed E-state index contributed by atoms with van der Waals surface area (Å²) in [6.45, 7) is 1.92. The summed E-state index contributed by atoms with van der Waals surface area (Å²) in [7, 11) is 0. The van der Waals surface area contributed by atoms with E-state index >= 15 is 0 Å². The van der Waals surface area contributed by atoms with Gasteiger partial charge in [-0.3, -0.25) is 4.98 Å². The highest BCUT2D eigenvalue weighted by molar-refractivity contribution is 5.57. The number of hydrogen-bond donors (Lipinski definition) is 2. The van der Waals surface area contributed by atoms with Crippen molar-refractivity contribution in [3.05, 3.63) is 35.7 Å². The summed E-state index contributed by atoms with van der Waals surface area (Å²) in [5, 5.41) is 0. The fraction of sp³-hybridized carbons (Fsp3) is 0.333. The number of hydrogen-bond acceptors (Lipinski definition) is 3. The molecule has 5 heteroatoms. The predicted octanol–water partition coefficient (Wildman–Crippen LogP) is 1.87. The normalized spacial score (nSPS) is 17.1. The van der Waals surface area contributed by atoms with Gasteiger partial charge < -0.3 is 10.7 Å². The second kappa shape index (κ2) is 3.37. The van der Waals surface area contributed by atoms with Crippen LogP contribution in [0, 0.1) is 12.7 Å². The van der Waals surface area contributed by atoms with Gasteiger partial charge in [0.25, 0.3) is 0 Å². The molecule has 0 bridgehead atoms. The molecule has 3 rings (SSSR count). The molecule has 2 aromatic heterocycles. The number of rotatable bonds is 2. The molecule has 0 atom stereocenters. The zero-order valence-electron chi connectivity index (χ0n) is 9.50. The van der Waals surface area contributed by atoms with E-state index in [-0.39, 0.29) is 11.4 Å². The fourth-order valence-corrected chi connectivity index (χ4v) is 1.83. The van der Waals surface area contributed by atoms with Crippen LogP contribution in [0.25, 0.3) is 11.4 Å². The van der Waals surface area contributed by atoms with Gasteiger partial charge in [0.2, 0.25) is 0 Å². The Bertz CT molecular complexity index is 554. The van der Waals surface area contributed by atoms with Crippen molar-refractivity contribution in [2.24, 2.45) is 5.73 Å². The molecule has 88 valence electrons. The van der Waals surface area contributed by atoms with Gasteiger partial charge >= 0.3 is 0 Å². The first-order chi connectivity index (χ1) is 8.08. The van der Waals surface area contributed by atoms with Crippen LogP contribution in [0.5, 0.6) is 0 Å². The Morgan fingerprint density at radius 2 is 2.18 bits per heavy atom. The van der Waals surface area contributed by atoms with Gasteiger partial charge in [-0.15, -0.1) is 0 Å². The Kier molecular flexibility index (Phi) is 2.06. The molecule has 0 saturated heterocycles. The smallest absolute Gasteiger partial charge is 0.141 e. The van der Waals surface area contributed by atoms with Crippen molar-refractivity contribution in [3.8, 4) is 11.4 Å².